The lowest BCUT2D eigenvalue weighted by Gasteiger charge is -2.08. The highest BCUT2D eigenvalue weighted by Crippen LogP contribution is 1.87. The van der Waals surface area contributed by atoms with Gasteiger partial charge in [0.2, 0.25) is 0 Å². The molecule has 92 valence electrons. The van der Waals surface area contributed by atoms with E-state index in [2.05, 4.69) is 12.2 Å². The first-order valence-electron chi connectivity index (χ1n) is 5.75. The van der Waals surface area contributed by atoms with Crippen molar-refractivity contribution in [3.63, 3.8) is 0 Å². The number of nitrogens with one attached hydrogen (secondary N) is 1. The minimum Gasteiger partial charge on any atom is -0.378 e. The van der Waals surface area contributed by atoms with Crippen LogP contribution in [0.25, 0.3) is 0 Å². The first-order valence-corrected chi connectivity index (χ1v) is 5.75. The second-order valence-electron chi connectivity index (χ2n) is 3.50. The van der Waals surface area contributed by atoms with E-state index in [1.165, 1.54) is 0 Å². The van der Waals surface area contributed by atoms with Gasteiger partial charge in [0, 0.05) is 6.54 Å². The van der Waals surface area contributed by atoms with Crippen molar-refractivity contribution in [3.05, 3.63) is 0 Å². The van der Waals surface area contributed by atoms with E-state index >= 15 is 0 Å². The molecule has 0 spiro atoms. The summed E-state index contributed by atoms with van der Waals surface area (Å²) in [6, 6.07) is 0. The molecule has 15 heavy (non-hydrogen) atoms. The van der Waals surface area contributed by atoms with Crippen molar-refractivity contribution in [2.24, 2.45) is 0 Å². The number of ether oxygens (including phenoxy) is 3. The second kappa shape index (κ2) is 11.9. The van der Waals surface area contributed by atoms with Crippen LogP contribution in [-0.4, -0.2) is 52.2 Å². The maximum Gasteiger partial charge on any atom is 0.0703 e. The summed E-state index contributed by atoms with van der Waals surface area (Å²) in [4.78, 5) is 0. The van der Waals surface area contributed by atoms with Crippen LogP contribution in [0.5, 0.6) is 0 Å². The van der Waals surface area contributed by atoms with Crippen molar-refractivity contribution in [2.45, 2.75) is 26.9 Å². The molecule has 0 saturated carbocycles. The molecule has 4 nitrogen and oxygen atoms in total. The maximum atomic E-state index is 5.34. The fourth-order valence-corrected chi connectivity index (χ4v) is 0.986. The molecule has 0 saturated heterocycles. The van der Waals surface area contributed by atoms with E-state index in [1.807, 2.05) is 13.8 Å². The van der Waals surface area contributed by atoms with Gasteiger partial charge < -0.3 is 19.5 Å². The van der Waals surface area contributed by atoms with Gasteiger partial charge in [0.1, 0.15) is 0 Å². The monoisotopic (exact) mass is 219 g/mol. The lowest BCUT2D eigenvalue weighted by Crippen LogP contribution is -2.20. The van der Waals surface area contributed by atoms with Gasteiger partial charge in [0.25, 0.3) is 0 Å². The van der Waals surface area contributed by atoms with Crippen LogP contribution in [0.3, 0.4) is 0 Å². The van der Waals surface area contributed by atoms with E-state index in [-0.39, 0.29) is 6.10 Å². The summed E-state index contributed by atoms with van der Waals surface area (Å²) in [5, 5.41) is 3.19. The quantitative estimate of drug-likeness (QED) is 0.527. The van der Waals surface area contributed by atoms with Gasteiger partial charge in [-0.25, -0.2) is 0 Å². The Morgan fingerprint density at radius 2 is 1.53 bits per heavy atom. The fourth-order valence-electron chi connectivity index (χ4n) is 0.986. The number of likely N-dealkylation sites (N-methyl/N-ethyl adjacent to an activating group) is 1. The SMILES string of the molecule is CCNCCOCCOCCOC(C)C. The van der Waals surface area contributed by atoms with E-state index in [0.717, 1.165) is 19.7 Å². The molecule has 0 aliphatic rings. The van der Waals surface area contributed by atoms with Crippen LogP contribution in [0.1, 0.15) is 20.8 Å². The van der Waals surface area contributed by atoms with E-state index in [1.54, 1.807) is 0 Å². The Labute approximate surface area is 93.3 Å². The van der Waals surface area contributed by atoms with E-state index < -0.39 is 0 Å². The van der Waals surface area contributed by atoms with E-state index in [4.69, 9.17) is 14.2 Å². The molecule has 0 radical (unpaired) electrons. The van der Waals surface area contributed by atoms with Crippen LogP contribution in [0.4, 0.5) is 0 Å². The van der Waals surface area contributed by atoms with Crippen LogP contribution in [0.2, 0.25) is 0 Å². The number of hydrogen-bond acceptors (Lipinski definition) is 4. The summed E-state index contributed by atoms with van der Waals surface area (Å²) in [6.07, 6.45) is 0.282. The van der Waals surface area contributed by atoms with Gasteiger partial charge in [-0.15, -0.1) is 0 Å². The smallest absolute Gasteiger partial charge is 0.0703 e. The Morgan fingerprint density at radius 1 is 0.933 bits per heavy atom. The highest BCUT2D eigenvalue weighted by atomic mass is 16.5. The molecule has 0 aromatic rings. The van der Waals surface area contributed by atoms with Crippen molar-refractivity contribution in [3.8, 4) is 0 Å². The Morgan fingerprint density at radius 3 is 2.13 bits per heavy atom. The van der Waals surface area contributed by atoms with Crippen molar-refractivity contribution in [2.75, 3.05) is 46.1 Å². The Hall–Kier alpha value is -0.160. The number of rotatable bonds is 11. The predicted molar refractivity (Wildman–Crippen MR) is 61.3 cm³/mol. The lowest BCUT2D eigenvalue weighted by atomic mass is 10.5. The van der Waals surface area contributed by atoms with Crippen molar-refractivity contribution in [1.82, 2.24) is 5.32 Å². The van der Waals surface area contributed by atoms with Crippen LogP contribution in [0.15, 0.2) is 0 Å². The molecule has 4 heteroatoms. The molecule has 0 aliphatic heterocycles. The standard InChI is InChI=1S/C11H25NO3/c1-4-12-5-6-13-7-8-14-9-10-15-11(2)3/h11-12H,4-10H2,1-3H3. The van der Waals surface area contributed by atoms with Crippen LogP contribution in [0, 0.1) is 0 Å². The normalized spacial score (nSPS) is 11.2. The van der Waals surface area contributed by atoms with Crippen LogP contribution < -0.4 is 5.32 Å². The Kier molecular flexibility index (Phi) is 11.8. The molecule has 1 N–H and O–H groups in total. The molecule has 0 amide bonds. The van der Waals surface area contributed by atoms with E-state index in [9.17, 15) is 0 Å². The molecule has 0 aromatic carbocycles. The molecular weight excluding hydrogens is 194 g/mol. The molecule has 0 unspecified atom stereocenters. The third kappa shape index (κ3) is 13.8. The molecule has 0 aromatic heterocycles. The van der Waals surface area contributed by atoms with Crippen LogP contribution in [-0.2, 0) is 14.2 Å². The molecule has 0 aliphatic carbocycles. The topological polar surface area (TPSA) is 39.7 Å². The Bertz CT molecular complexity index is 120. The van der Waals surface area contributed by atoms with Gasteiger partial charge in [0.15, 0.2) is 0 Å². The van der Waals surface area contributed by atoms with Crippen molar-refractivity contribution < 1.29 is 14.2 Å². The summed E-state index contributed by atoms with van der Waals surface area (Å²) < 4.78 is 16.0. The van der Waals surface area contributed by atoms with Crippen molar-refractivity contribution in [1.29, 1.82) is 0 Å². The third-order valence-electron chi connectivity index (χ3n) is 1.72. The predicted octanol–water partition coefficient (Wildman–Crippen LogP) is 1.05. The third-order valence-corrected chi connectivity index (χ3v) is 1.72. The highest BCUT2D eigenvalue weighted by Gasteiger charge is 1.93. The van der Waals surface area contributed by atoms with E-state index in [0.29, 0.717) is 26.4 Å². The highest BCUT2D eigenvalue weighted by molar-refractivity contribution is 4.40. The van der Waals surface area contributed by atoms with Gasteiger partial charge in [-0.05, 0) is 20.4 Å². The van der Waals surface area contributed by atoms with Gasteiger partial charge in [-0.2, -0.15) is 0 Å². The van der Waals surface area contributed by atoms with Gasteiger partial charge in [-0.3, -0.25) is 0 Å². The summed E-state index contributed by atoms with van der Waals surface area (Å²) in [5.41, 5.74) is 0. The molecule has 0 rings (SSSR count). The molecule has 0 fully saturated rings. The van der Waals surface area contributed by atoms with Crippen molar-refractivity contribution >= 4 is 0 Å². The summed E-state index contributed by atoms with van der Waals surface area (Å²) in [7, 11) is 0. The minimum atomic E-state index is 0.282. The number of hydrogen-bond donors (Lipinski definition) is 1. The van der Waals surface area contributed by atoms with Gasteiger partial charge >= 0.3 is 0 Å². The fraction of sp³-hybridized carbons (Fsp3) is 1.00. The molecule has 0 heterocycles. The molecular formula is C11H25NO3. The zero-order valence-corrected chi connectivity index (χ0v) is 10.3. The summed E-state index contributed by atoms with van der Waals surface area (Å²) in [6.45, 7) is 11.4. The average Bonchev–Trinajstić information content (AvgIpc) is 2.20. The Balaban J connectivity index is 2.87. The largest absolute Gasteiger partial charge is 0.378 e. The summed E-state index contributed by atoms with van der Waals surface area (Å²) >= 11 is 0. The molecule has 0 atom stereocenters. The maximum absolute atomic E-state index is 5.34. The first kappa shape index (κ1) is 14.8. The minimum absolute atomic E-state index is 0.282. The first-order chi connectivity index (χ1) is 7.27. The molecule has 0 bridgehead atoms. The van der Waals surface area contributed by atoms with Gasteiger partial charge in [0.05, 0.1) is 39.1 Å². The lowest BCUT2D eigenvalue weighted by molar-refractivity contribution is -0.00100. The van der Waals surface area contributed by atoms with Gasteiger partial charge in [-0.1, -0.05) is 6.92 Å². The zero-order valence-electron chi connectivity index (χ0n) is 10.3. The second-order valence-corrected chi connectivity index (χ2v) is 3.50. The average molecular weight is 219 g/mol. The van der Waals surface area contributed by atoms with Crippen LogP contribution >= 0.6 is 0 Å². The zero-order chi connectivity index (χ0) is 11.4. The summed E-state index contributed by atoms with van der Waals surface area (Å²) in [5.74, 6) is 0.